The van der Waals surface area contributed by atoms with Crippen molar-refractivity contribution >= 4 is 5.91 Å². The highest BCUT2D eigenvalue weighted by Crippen LogP contribution is 2.14. The number of carbonyl (C=O) groups excluding carboxylic acids is 1. The van der Waals surface area contributed by atoms with Gasteiger partial charge in [0.1, 0.15) is 5.75 Å². The van der Waals surface area contributed by atoms with E-state index >= 15 is 0 Å². The fourth-order valence-electron chi connectivity index (χ4n) is 1.23. The highest BCUT2D eigenvalue weighted by Gasteiger charge is 1.99. The number of hydrogen-bond donors (Lipinski definition) is 2. The Morgan fingerprint density at radius 2 is 2.27 bits per heavy atom. The van der Waals surface area contributed by atoms with Crippen molar-refractivity contribution in [3.05, 3.63) is 29.8 Å². The second-order valence-electron chi connectivity index (χ2n) is 3.23. The topological polar surface area (TPSA) is 72.6 Å². The monoisotopic (exact) mass is 209 g/mol. The zero-order valence-corrected chi connectivity index (χ0v) is 8.48. The molecule has 0 spiro atoms. The minimum absolute atomic E-state index is 0.108. The zero-order valence-electron chi connectivity index (χ0n) is 8.48. The third-order valence-corrected chi connectivity index (χ3v) is 1.90. The molecular formula is C11H15NO3. The van der Waals surface area contributed by atoms with Crippen LogP contribution in [0.3, 0.4) is 0 Å². The third kappa shape index (κ3) is 4.46. The first-order valence-corrected chi connectivity index (χ1v) is 4.83. The van der Waals surface area contributed by atoms with Crippen molar-refractivity contribution in [3.63, 3.8) is 0 Å². The van der Waals surface area contributed by atoms with Gasteiger partial charge < -0.3 is 15.6 Å². The normalized spacial score (nSPS) is 9.93. The molecular weight excluding hydrogens is 194 g/mol. The van der Waals surface area contributed by atoms with E-state index in [1.54, 1.807) is 6.07 Å². The molecule has 15 heavy (non-hydrogen) atoms. The maximum atomic E-state index is 10.5. The average Bonchev–Trinajstić information content (AvgIpc) is 2.24. The number of hydrogen-bond acceptors (Lipinski definition) is 3. The number of primary amides is 1. The van der Waals surface area contributed by atoms with E-state index in [4.69, 9.17) is 15.6 Å². The third-order valence-electron chi connectivity index (χ3n) is 1.90. The molecule has 0 aliphatic rings. The number of amides is 1. The fraction of sp³-hybridized carbons (Fsp3) is 0.364. The van der Waals surface area contributed by atoms with Crippen LogP contribution in [0.2, 0.25) is 0 Å². The molecule has 0 radical (unpaired) electrons. The van der Waals surface area contributed by atoms with E-state index in [1.807, 2.05) is 18.2 Å². The summed E-state index contributed by atoms with van der Waals surface area (Å²) in [5.74, 6) is 0.139. The van der Waals surface area contributed by atoms with Gasteiger partial charge in [0.25, 0.3) is 5.91 Å². The van der Waals surface area contributed by atoms with Crippen LogP contribution in [0.25, 0.3) is 0 Å². The molecule has 4 nitrogen and oxygen atoms in total. The number of rotatable bonds is 6. The average molecular weight is 209 g/mol. The number of carbonyl (C=O) groups is 1. The van der Waals surface area contributed by atoms with E-state index in [9.17, 15) is 4.79 Å². The maximum Gasteiger partial charge on any atom is 0.255 e. The van der Waals surface area contributed by atoms with Gasteiger partial charge in [-0.25, -0.2) is 0 Å². The molecule has 1 rings (SSSR count). The van der Waals surface area contributed by atoms with Crippen molar-refractivity contribution in [2.45, 2.75) is 12.8 Å². The van der Waals surface area contributed by atoms with Crippen molar-refractivity contribution in [2.75, 3.05) is 13.2 Å². The predicted octanol–water partition coefficient (Wildman–Crippen LogP) is 0.476. The van der Waals surface area contributed by atoms with Gasteiger partial charge in [-0.2, -0.15) is 0 Å². The summed E-state index contributed by atoms with van der Waals surface area (Å²) in [7, 11) is 0. The molecule has 0 atom stereocenters. The van der Waals surface area contributed by atoms with E-state index < -0.39 is 5.91 Å². The van der Waals surface area contributed by atoms with Crippen LogP contribution in [0, 0.1) is 0 Å². The maximum absolute atomic E-state index is 10.5. The van der Waals surface area contributed by atoms with Gasteiger partial charge in [-0.15, -0.1) is 0 Å². The number of aliphatic hydroxyl groups is 1. The quantitative estimate of drug-likeness (QED) is 0.715. The van der Waals surface area contributed by atoms with E-state index in [2.05, 4.69) is 0 Å². The number of aryl methyl sites for hydroxylation is 1. The van der Waals surface area contributed by atoms with Gasteiger partial charge in [-0.05, 0) is 30.5 Å². The van der Waals surface area contributed by atoms with Gasteiger partial charge in [-0.3, -0.25) is 4.79 Å². The molecule has 0 saturated carbocycles. The fourth-order valence-corrected chi connectivity index (χ4v) is 1.23. The standard InChI is InChI=1S/C11H15NO3/c12-11(14)8-15-10-5-1-3-9(7-10)4-2-6-13/h1,3,5,7,13H,2,4,6,8H2,(H2,12,14). The molecule has 0 saturated heterocycles. The molecule has 0 heterocycles. The first-order valence-electron chi connectivity index (χ1n) is 4.83. The van der Waals surface area contributed by atoms with Crippen molar-refractivity contribution in [2.24, 2.45) is 5.73 Å². The summed E-state index contributed by atoms with van der Waals surface area (Å²) in [6.07, 6.45) is 1.52. The number of benzene rings is 1. The number of aliphatic hydroxyl groups excluding tert-OH is 1. The summed E-state index contributed by atoms with van der Waals surface area (Å²) in [6, 6.07) is 7.42. The summed E-state index contributed by atoms with van der Waals surface area (Å²) in [6.45, 7) is 0.0653. The lowest BCUT2D eigenvalue weighted by Gasteiger charge is -2.05. The molecule has 4 heteroatoms. The Kier molecular flexibility index (Phi) is 4.63. The van der Waals surface area contributed by atoms with Crippen molar-refractivity contribution in [3.8, 4) is 5.75 Å². The molecule has 0 aromatic heterocycles. The lowest BCUT2D eigenvalue weighted by molar-refractivity contribution is -0.119. The minimum atomic E-state index is -0.490. The van der Waals surface area contributed by atoms with Crippen LogP contribution in [-0.4, -0.2) is 24.2 Å². The Hall–Kier alpha value is -1.55. The Morgan fingerprint density at radius 1 is 1.47 bits per heavy atom. The van der Waals surface area contributed by atoms with Crippen LogP contribution in [0.5, 0.6) is 5.75 Å². The SMILES string of the molecule is NC(=O)COc1cccc(CCCO)c1. The van der Waals surface area contributed by atoms with Crippen LogP contribution in [0.1, 0.15) is 12.0 Å². The molecule has 82 valence electrons. The summed E-state index contributed by atoms with van der Waals surface area (Å²) in [4.78, 5) is 10.5. The van der Waals surface area contributed by atoms with Crippen LogP contribution in [0.15, 0.2) is 24.3 Å². The number of nitrogens with two attached hydrogens (primary N) is 1. The Morgan fingerprint density at radius 3 is 2.93 bits per heavy atom. The van der Waals surface area contributed by atoms with Gasteiger partial charge in [0.15, 0.2) is 6.61 Å². The molecule has 1 aromatic rings. The second kappa shape index (κ2) is 6.03. The summed E-state index contributed by atoms with van der Waals surface area (Å²) < 4.78 is 5.15. The Labute approximate surface area is 88.7 Å². The Bertz CT molecular complexity index is 325. The first-order chi connectivity index (χ1) is 7.22. The van der Waals surface area contributed by atoms with Gasteiger partial charge in [-0.1, -0.05) is 12.1 Å². The van der Waals surface area contributed by atoms with Gasteiger partial charge in [0, 0.05) is 6.61 Å². The van der Waals surface area contributed by atoms with Gasteiger partial charge in [0.2, 0.25) is 0 Å². The molecule has 0 aliphatic heterocycles. The molecule has 3 N–H and O–H groups in total. The van der Waals surface area contributed by atoms with Crippen molar-refractivity contribution in [1.29, 1.82) is 0 Å². The molecule has 0 aliphatic carbocycles. The predicted molar refractivity (Wildman–Crippen MR) is 56.5 cm³/mol. The molecule has 1 aromatic carbocycles. The van der Waals surface area contributed by atoms with Crippen molar-refractivity contribution < 1.29 is 14.6 Å². The lowest BCUT2D eigenvalue weighted by atomic mass is 10.1. The first kappa shape index (κ1) is 11.5. The highest BCUT2D eigenvalue weighted by molar-refractivity contribution is 5.75. The smallest absolute Gasteiger partial charge is 0.255 e. The molecule has 0 bridgehead atoms. The summed E-state index contributed by atoms with van der Waals surface area (Å²) in [5, 5.41) is 8.68. The lowest BCUT2D eigenvalue weighted by Crippen LogP contribution is -2.20. The second-order valence-corrected chi connectivity index (χ2v) is 3.23. The van der Waals surface area contributed by atoms with E-state index in [0.29, 0.717) is 5.75 Å². The minimum Gasteiger partial charge on any atom is -0.484 e. The van der Waals surface area contributed by atoms with E-state index in [0.717, 1.165) is 18.4 Å². The molecule has 0 fully saturated rings. The number of ether oxygens (including phenoxy) is 1. The molecule has 0 unspecified atom stereocenters. The van der Waals surface area contributed by atoms with Crippen LogP contribution < -0.4 is 10.5 Å². The summed E-state index contributed by atoms with van der Waals surface area (Å²) in [5.41, 5.74) is 6.04. The van der Waals surface area contributed by atoms with Crippen LogP contribution >= 0.6 is 0 Å². The zero-order chi connectivity index (χ0) is 11.1. The van der Waals surface area contributed by atoms with Crippen molar-refractivity contribution in [1.82, 2.24) is 0 Å². The van der Waals surface area contributed by atoms with E-state index in [1.165, 1.54) is 0 Å². The largest absolute Gasteiger partial charge is 0.484 e. The highest BCUT2D eigenvalue weighted by atomic mass is 16.5. The van der Waals surface area contributed by atoms with Gasteiger partial charge in [0.05, 0.1) is 0 Å². The van der Waals surface area contributed by atoms with Crippen LogP contribution in [-0.2, 0) is 11.2 Å². The van der Waals surface area contributed by atoms with E-state index in [-0.39, 0.29) is 13.2 Å². The molecule has 1 amide bonds. The summed E-state index contributed by atoms with van der Waals surface area (Å²) >= 11 is 0. The Balaban J connectivity index is 2.53. The van der Waals surface area contributed by atoms with Crippen LogP contribution in [0.4, 0.5) is 0 Å². The van der Waals surface area contributed by atoms with Gasteiger partial charge >= 0.3 is 0 Å².